The molecule has 0 radical (unpaired) electrons. The van der Waals surface area contributed by atoms with E-state index in [0.29, 0.717) is 29.7 Å². The minimum atomic E-state index is -0.661. The smallest absolute Gasteiger partial charge is 0.255 e. The number of fused-ring (bicyclic) bond motifs is 1. The molecule has 7 heteroatoms. The minimum Gasteiger partial charge on any atom is -0.326 e. The molecule has 3 rings (SSSR count). The van der Waals surface area contributed by atoms with Crippen molar-refractivity contribution in [1.29, 1.82) is 0 Å². The lowest BCUT2D eigenvalue weighted by atomic mass is 10.1. The normalized spacial score (nSPS) is 20.8. The molecule has 0 saturated carbocycles. The Kier molecular flexibility index (Phi) is 3.85. The zero-order valence-electron chi connectivity index (χ0n) is 12.7. The summed E-state index contributed by atoms with van der Waals surface area (Å²) in [6.07, 6.45) is 1.29. The molecule has 120 valence electrons. The van der Waals surface area contributed by atoms with Gasteiger partial charge in [-0.05, 0) is 25.0 Å². The van der Waals surface area contributed by atoms with E-state index in [1.807, 2.05) is 0 Å². The van der Waals surface area contributed by atoms with E-state index in [0.717, 1.165) is 0 Å². The lowest BCUT2D eigenvalue weighted by Gasteiger charge is -2.24. The van der Waals surface area contributed by atoms with E-state index in [1.54, 1.807) is 18.2 Å². The van der Waals surface area contributed by atoms with Crippen molar-refractivity contribution in [2.24, 2.45) is 0 Å². The molecule has 0 unspecified atom stereocenters. The van der Waals surface area contributed by atoms with Gasteiger partial charge in [-0.2, -0.15) is 0 Å². The lowest BCUT2D eigenvalue weighted by Crippen LogP contribution is -2.46. The Hall–Kier alpha value is -2.70. The third-order valence-corrected chi connectivity index (χ3v) is 4.13. The molecule has 0 spiro atoms. The van der Waals surface area contributed by atoms with Crippen molar-refractivity contribution in [3.8, 4) is 0 Å². The summed E-state index contributed by atoms with van der Waals surface area (Å²) in [5.41, 5.74) is 1.77. The molecule has 2 aliphatic heterocycles. The van der Waals surface area contributed by atoms with E-state index in [1.165, 1.54) is 11.8 Å². The van der Waals surface area contributed by atoms with Crippen LogP contribution < -0.4 is 10.6 Å². The molecule has 2 heterocycles. The van der Waals surface area contributed by atoms with Crippen molar-refractivity contribution in [3.05, 3.63) is 29.3 Å². The Balaban J connectivity index is 1.89. The highest BCUT2D eigenvalue weighted by Crippen LogP contribution is 2.32. The number of anilines is 1. The Morgan fingerprint density at radius 3 is 2.83 bits per heavy atom. The second kappa shape index (κ2) is 5.83. The van der Waals surface area contributed by atoms with Crippen LogP contribution in [0.1, 0.15) is 42.1 Å². The first-order chi connectivity index (χ1) is 11.0. The molecule has 2 aliphatic rings. The molecule has 7 nitrogen and oxygen atoms in total. The number of imide groups is 1. The molecule has 0 aliphatic carbocycles. The molecule has 0 bridgehead atoms. The van der Waals surface area contributed by atoms with Gasteiger partial charge in [0.15, 0.2) is 0 Å². The predicted molar refractivity (Wildman–Crippen MR) is 81.4 cm³/mol. The van der Waals surface area contributed by atoms with Gasteiger partial charge in [0.05, 0.1) is 0 Å². The van der Waals surface area contributed by atoms with Crippen LogP contribution in [0.5, 0.6) is 0 Å². The molecule has 0 aromatic heterocycles. The molecule has 2 N–H and O–H groups in total. The summed E-state index contributed by atoms with van der Waals surface area (Å²) in [5, 5.41) is 5.03. The minimum absolute atomic E-state index is 0.220. The summed E-state index contributed by atoms with van der Waals surface area (Å²) >= 11 is 0. The fraction of sp³-hybridized carbons (Fsp3) is 0.375. The number of carbonyl (C=O) groups is 4. The number of hydrogen-bond donors (Lipinski definition) is 2. The van der Waals surface area contributed by atoms with Gasteiger partial charge in [-0.3, -0.25) is 24.5 Å². The van der Waals surface area contributed by atoms with Crippen molar-refractivity contribution >= 4 is 29.3 Å². The highest BCUT2D eigenvalue weighted by atomic mass is 16.2. The highest BCUT2D eigenvalue weighted by Gasteiger charge is 2.38. The van der Waals surface area contributed by atoms with E-state index in [2.05, 4.69) is 10.6 Å². The van der Waals surface area contributed by atoms with Crippen LogP contribution in [-0.2, 0) is 20.9 Å². The van der Waals surface area contributed by atoms with E-state index < -0.39 is 11.9 Å². The molecule has 23 heavy (non-hydrogen) atoms. The standard InChI is InChI=1S/C16H17N3O4/c1-9(20)17-12-5-2-4-10-11(12)8-19(16(10)23)13-6-3-7-14(21)18-15(13)22/h2,4-5,13H,3,6-8H2,1H3,(H,17,20)(H,18,21,22)/t13-/m0/s1. The van der Waals surface area contributed by atoms with E-state index in [9.17, 15) is 19.2 Å². The molecule has 1 atom stereocenters. The van der Waals surface area contributed by atoms with Gasteiger partial charge in [-0.1, -0.05) is 6.07 Å². The monoisotopic (exact) mass is 315 g/mol. The van der Waals surface area contributed by atoms with E-state index in [4.69, 9.17) is 0 Å². The summed E-state index contributed by atoms with van der Waals surface area (Å²) in [4.78, 5) is 49.0. The topological polar surface area (TPSA) is 95.6 Å². The number of nitrogens with zero attached hydrogens (tertiary/aromatic N) is 1. The van der Waals surface area contributed by atoms with Crippen LogP contribution in [0.3, 0.4) is 0 Å². The zero-order valence-corrected chi connectivity index (χ0v) is 12.7. The first-order valence-electron chi connectivity index (χ1n) is 7.51. The maximum atomic E-state index is 12.6. The third-order valence-electron chi connectivity index (χ3n) is 4.13. The average molecular weight is 315 g/mol. The SMILES string of the molecule is CC(=O)Nc1cccc2c1CN([C@H]1CCCC(=O)NC1=O)C2=O. The number of amides is 4. The molecule has 1 aromatic carbocycles. The van der Waals surface area contributed by atoms with Gasteiger partial charge in [-0.15, -0.1) is 0 Å². The number of benzene rings is 1. The summed E-state index contributed by atoms with van der Waals surface area (Å²) in [6.45, 7) is 1.65. The first-order valence-corrected chi connectivity index (χ1v) is 7.51. The second-order valence-electron chi connectivity index (χ2n) is 5.77. The maximum Gasteiger partial charge on any atom is 0.255 e. The van der Waals surface area contributed by atoms with Gasteiger partial charge in [0.25, 0.3) is 5.91 Å². The number of carbonyl (C=O) groups excluding carboxylic acids is 4. The van der Waals surface area contributed by atoms with Gasteiger partial charge < -0.3 is 10.2 Å². The number of nitrogens with one attached hydrogen (secondary N) is 2. The van der Waals surface area contributed by atoms with Crippen LogP contribution in [0.15, 0.2) is 18.2 Å². The summed E-state index contributed by atoms with van der Waals surface area (Å²) in [5.74, 6) is -1.21. The van der Waals surface area contributed by atoms with E-state index >= 15 is 0 Å². The molecule has 1 aromatic rings. The van der Waals surface area contributed by atoms with Crippen LogP contribution in [0.4, 0.5) is 5.69 Å². The predicted octanol–water partition coefficient (Wildman–Crippen LogP) is 0.796. The molecular weight excluding hydrogens is 298 g/mol. The summed E-state index contributed by atoms with van der Waals surface area (Å²) in [7, 11) is 0. The fourth-order valence-electron chi connectivity index (χ4n) is 3.08. The Morgan fingerprint density at radius 2 is 2.09 bits per heavy atom. The highest BCUT2D eigenvalue weighted by molar-refractivity contribution is 6.05. The Morgan fingerprint density at radius 1 is 1.30 bits per heavy atom. The molecular formula is C16H17N3O4. The molecule has 4 amide bonds. The Bertz CT molecular complexity index is 713. The van der Waals surface area contributed by atoms with Crippen molar-refractivity contribution in [3.63, 3.8) is 0 Å². The van der Waals surface area contributed by atoms with Crippen molar-refractivity contribution in [2.45, 2.75) is 38.8 Å². The van der Waals surface area contributed by atoms with Gasteiger partial charge in [0.1, 0.15) is 6.04 Å². The van der Waals surface area contributed by atoms with E-state index in [-0.39, 0.29) is 30.7 Å². The molecule has 1 fully saturated rings. The van der Waals surface area contributed by atoms with Crippen LogP contribution >= 0.6 is 0 Å². The maximum absolute atomic E-state index is 12.6. The van der Waals surface area contributed by atoms with Crippen LogP contribution in [0.25, 0.3) is 0 Å². The quantitative estimate of drug-likeness (QED) is 0.789. The lowest BCUT2D eigenvalue weighted by molar-refractivity contribution is -0.132. The van der Waals surface area contributed by atoms with Crippen molar-refractivity contribution in [2.75, 3.05) is 5.32 Å². The first kappa shape index (κ1) is 15.2. The zero-order chi connectivity index (χ0) is 16.6. The largest absolute Gasteiger partial charge is 0.326 e. The van der Waals surface area contributed by atoms with Crippen molar-refractivity contribution < 1.29 is 19.2 Å². The third kappa shape index (κ3) is 2.81. The van der Waals surface area contributed by atoms with Crippen LogP contribution in [0, 0.1) is 0 Å². The number of hydrogen-bond acceptors (Lipinski definition) is 4. The van der Waals surface area contributed by atoms with Gasteiger partial charge in [0.2, 0.25) is 17.7 Å². The second-order valence-corrected chi connectivity index (χ2v) is 5.77. The summed E-state index contributed by atoms with van der Waals surface area (Å²) in [6, 6.07) is 4.45. The van der Waals surface area contributed by atoms with Crippen molar-refractivity contribution in [1.82, 2.24) is 10.2 Å². The molecule has 1 saturated heterocycles. The van der Waals surface area contributed by atoms with Crippen LogP contribution in [-0.4, -0.2) is 34.6 Å². The average Bonchev–Trinajstić information content (AvgIpc) is 2.71. The number of rotatable bonds is 2. The Labute approximate surface area is 133 Å². The van der Waals surface area contributed by atoms with Gasteiger partial charge >= 0.3 is 0 Å². The van der Waals surface area contributed by atoms with Gasteiger partial charge in [0, 0.05) is 36.7 Å². The summed E-state index contributed by atoms with van der Waals surface area (Å²) < 4.78 is 0. The van der Waals surface area contributed by atoms with Crippen LogP contribution in [0.2, 0.25) is 0 Å². The van der Waals surface area contributed by atoms with Gasteiger partial charge in [-0.25, -0.2) is 0 Å². The fourth-order valence-corrected chi connectivity index (χ4v) is 3.08.